The Kier molecular flexibility index (Phi) is 3.42. The zero-order valence-corrected chi connectivity index (χ0v) is 14.1. The number of fused-ring (bicyclic) bond motifs is 1. The molecule has 0 saturated carbocycles. The Morgan fingerprint density at radius 3 is 2.19 bits per heavy atom. The van der Waals surface area contributed by atoms with Crippen molar-refractivity contribution in [2.75, 3.05) is 0 Å². The topological polar surface area (TPSA) is 33.6 Å². The van der Waals surface area contributed by atoms with Gasteiger partial charge in [-0.25, -0.2) is 4.68 Å². The van der Waals surface area contributed by atoms with E-state index < -0.39 is 0 Å². The lowest BCUT2D eigenvalue weighted by atomic mass is 10.0. The summed E-state index contributed by atoms with van der Waals surface area (Å²) in [6.07, 6.45) is 4.16. The summed E-state index contributed by atoms with van der Waals surface area (Å²) >= 11 is 0. The molecule has 0 fully saturated rings. The number of hydrogen-bond acceptors (Lipinski definition) is 1. The van der Waals surface area contributed by atoms with Gasteiger partial charge in [-0.3, -0.25) is 0 Å². The Balaban J connectivity index is 1.77. The fraction of sp³-hybridized carbons (Fsp3) is 0. The van der Waals surface area contributed by atoms with Crippen molar-refractivity contribution in [3.63, 3.8) is 0 Å². The molecule has 0 spiro atoms. The predicted molar refractivity (Wildman–Crippen MR) is 106 cm³/mol. The van der Waals surface area contributed by atoms with Gasteiger partial charge in [0.1, 0.15) is 5.69 Å². The van der Waals surface area contributed by atoms with Crippen molar-refractivity contribution in [3.8, 4) is 28.1 Å². The summed E-state index contributed by atoms with van der Waals surface area (Å²) in [6, 6.07) is 29.0. The maximum absolute atomic E-state index is 4.95. The second kappa shape index (κ2) is 6.05. The first kappa shape index (κ1) is 14.7. The lowest BCUT2D eigenvalue weighted by Crippen LogP contribution is -1.93. The van der Waals surface area contributed by atoms with Gasteiger partial charge in [-0.2, -0.15) is 5.10 Å². The number of H-pyrrole nitrogens is 1. The number of hydrogen-bond donors (Lipinski definition) is 1. The lowest BCUT2D eigenvalue weighted by Gasteiger charge is -2.01. The van der Waals surface area contributed by atoms with Crippen LogP contribution in [-0.4, -0.2) is 14.8 Å². The van der Waals surface area contributed by atoms with Gasteiger partial charge in [-0.15, -0.1) is 0 Å². The van der Waals surface area contributed by atoms with Gasteiger partial charge < -0.3 is 4.98 Å². The summed E-state index contributed by atoms with van der Waals surface area (Å²) in [5.74, 6) is 0. The monoisotopic (exact) mass is 335 g/mol. The van der Waals surface area contributed by atoms with Crippen LogP contribution in [0.3, 0.4) is 0 Å². The van der Waals surface area contributed by atoms with Gasteiger partial charge in [0.2, 0.25) is 0 Å². The molecule has 124 valence electrons. The number of nitrogens with zero attached hydrogens (tertiary/aromatic N) is 2. The van der Waals surface area contributed by atoms with Crippen LogP contribution in [0.5, 0.6) is 0 Å². The average molecular weight is 335 g/mol. The van der Waals surface area contributed by atoms with Gasteiger partial charge in [0.15, 0.2) is 0 Å². The third-order valence-corrected chi connectivity index (χ3v) is 4.66. The molecule has 0 saturated heterocycles. The molecule has 0 aliphatic heterocycles. The van der Waals surface area contributed by atoms with Crippen LogP contribution >= 0.6 is 0 Å². The van der Waals surface area contributed by atoms with Crippen LogP contribution in [0.1, 0.15) is 0 Å². The summed E-state index contributed by atoms with van der Waals surface area (Å²) in [5.41, 5.74) is 6.56. The minimum atomic E-state index is 0.984. The molecular weight excluding hydrogens is 318 g/mol. The molecule has 5 aromatic rings. The molecule has 0 amide bonds. The number of aromatic nitrogens is 3. The highest BCUT2D eigenvalue weighted by Crippen LogP contribution is 2.35. The Bertz CT molecular complexity index is 1170. The van der Waals surface area contributed by atoms with E-state index in [1.54, 1.807) is 0 Å². The number of nitrogens with one attached hydrogen (secondary N) is 1. The van der Waals surface area contributed by atoms with Crippen LogP contribution in [0, 0.1) is 0 Å². The van der Waals surface area contributed by atoms with Gasteiger partial charge >= 0.3 is 0 Å². The van der Waals surface area contributed by atoms with Gasteiger partial charge in [-0.05, 0) is 23.8 Å². The molecule has 0 atom stereocenters. The van der Waals surface area contributed by atoms with Crippen molar-refractivity contribution < 1.29 is 0 Å². The first-order chi connectivity index (χ1) is 12.9. The van der Waals surface area contributed by atoms with Crippen LogP contribution in [0.15, 0.2) is 97.3 Å². The molecule has 3 nitrogen and oxygen atoms in total. The second-order valence-electron chi connectivity index (χ2n) is 6.29. The van der Waals surface area contributed by atoms with Crippen molar-refractivity contribution in [2.24, 2.45) is 0 Å². The van der Waals surface area contributed by atoms with Crippen molar-refractivity contribution >= 4 is 10.9 Å². The van der Waals surface area contributed by atoms with Crippen molar-refractivity contribution in [1.82, 2.24) is 14.8 Å². The SMILES string of the molecule is c1ccc(-c2cn(-c3ccccc3)nc2-c2c[nH]c3ccccc23)cc1. The Morgan fingerprint density at radius 1 is 0.692 bits per heavy atom. The minimum absolute atomic E-state index is 0.984. The third kappa shape index (κ3) is 2.42. The quantitative estimate of drug-likeness (QED) is 0.451. The smallest absolute Gasteiger partial charge is 0.103 e. The molecule has 1 N–H and O–H groups in total. The van der Waals surface area contributed by atoms with E-state index in [0.29, 0.717) is 0 Å². The molecule has 26 heavy (non-hydrogen) atoms. The largest absolute Gasteiger partial charge is 0.360 e. The molecular formula is C23H17N3. The summed E-state index contributed by atoms with van der Waals surface area (Å²) in [7, 11) is 0. The van der Waals surface area contributed by atoms with Gasteiger partial charge in [-0.1, -0.05) is 66.7 Å². The number of aromatic amines is 1. The molecule has 2 heterocycles. The first-order valence-corrected chi connectivity index (χ1v) is 8.67. The standard InChI is InChI=1S/C23H17N3/c1-3-9-17(10-4-1)21-16-26(18-11-5-2-6-12-18)25-23(21)20-15-24-22-14-8-7-13-19(20)22/h1-16,24H. The first-order valence-electron chi connectivity index (χ1n) is 8.67. The molecule has 0 unspecified atom stereocenters. The second-order valence-corrected chi connectivity index (χ2v) is 6.29. The summed E-state index contributed by atoms with van der Waals surface area (Å²) < 4.78 is 1.96. The molecule has 0 aliphatic rings. The summed E-state index contributed by atoms with van der Waals surface area (Å²) in [6.45, 7) is 0. The minimum Gasteiger partial charge on any atom is -0.360 e. The Labute approximate surface area is 151 Å². The van der Waals surface area contributed by atoms with E-state index in [4.69, 9.17) is 5.10 Å². The van der Waals surface area contributed by atoms with Gasteiger partial charge in [0.05, 0.1) is 5.69 Å². The van der Waals surface area contributed by atoms with Crippen molar-refractivity contribution in [1.29, 1.82) is 0 Å². The fourth-order valence-corrected chi connectivity index (χ4v) is 3.38. The normalized spacial score (nSPS) is 11.1. The van der Waals surface area contributed by atoms with E-state index in [1.807, 2.05) is 35.0 Å². The summed E-state index contributed by atoms with van der Waals surface area (Å²) in [5, 5.41) is 6.13. The van der Waals surface area contributed by atoms with Crippen LogP contribution in [-0.2, 0) is 0 Å². The molecule has 0 aliphatic carbocycles. The fourth-order valence-electron chi connectivity index (χ4n) is 3.38. The van der Waals surface area contributed by atoms with E-state index in [0.717, 1.165) is 33.6 Å². The molecule has 0 radical (unpaired) electrons. The van der Waals surface area contributed by atoms with E-state index in [9.17, 15) is 0 Å². The average Bonchev–Trinajstić information content (AvgIpc) is 3.34. The Morgan fingerprint density at radius 2 is 1.38 bits per heavy atom. The Hall–Kier alpha value is -3.59. The number of benzene rings is 3. The van der Waals surface area contributed by atoms with Crippen molar-refractivity contribution in [2.45, 2.75) is 0 Å². The lowest BCUT2D eigenvalue weighted by molar-refractivity contribution is 0.885. The zero-order valence-electron chi connectivity index (χ0n) is 14.1. The van der Waals surface area contributed by atoms with Gasteiger partial charge in [0, 0.05) is 34.4 Å². The summed E-state index contributed by atoms with van der Waals surface area (Å²) in [4.78, 5) is 3.37. The molecule has 3 aromatic carbocycles. The highest BCUT2D eigenvalue weighted by atomic mass is 15.3. The van der Waals surface area contributed by atoms with E-state index in [-0.39, 0.29) is 0 Å². The van der Waals surface area contributed by atoms with Crippen LogP contribution in [0.4, 0.5) is 0 Å². The number of para-hydroxylation sites is 2. The van der Waals surface area contributed by atoms with Crippen LogP contribution < -0.4 is 0 Å². The zero-order chi connectivity index (χ0) is 17.3. The highest BCUT2D eigenvalue weighted by molar-refractivity contribution is 5.98. The van der Waals surface area contributed by atoms with Gasteiger partial charge in [0.25, 0.3) is 0 Å². The molecule has 3 heteroatoms. The highest BCUT2D eigenvalue weighted by Gasteiger charge is 2.16. The maximum Gasteiger partial charge on any atom is 0.103 e. The number of rotatable bonds is 3. The van der Waals surface area contributed by atoms with E-state index >= 15 is 0 Å². The van der Waals surface area contributed by atoms with Crippen LogP contribution in [0.25, 0.3) is 39.0 Å². The van der Waals surface area contributed by atoms with E-state index in [2.05, 4.69) is 72.0 Å². The maximum atomic E-state index is 4.95. The molecule has 5 rings (SSSR count). The molecule has 0 bridgehead atoms. The predicted octanol–water partition coefficient (Wildman–Crippen LogP) is 5.69. The van der Waals surface area contributed by atoms with Crippen molar-refractivity contribution in [3.05, 3.63) is 97.3 Å². The van der Waals surface area contributed by atoms with Crippen LogP contribution in [0.2, 0.25) is 0 Å². The molecule has 2 aromatic heterocycles. The van der Waals surface area contributed by atoms with E-state index in [1.165, 1.54) is 5.39 Å². The third-order valence-electron chi connectivity index (χ3n) is 4.66.